The number of carbonyl (C=O) groups is 2. The zero-order valence-electron chi connectivity index (χ0n) is 18.5. The third-order valence-corrected chi connectivity index (χ3v) is 8.09. The Bertz CT molecular complexity index is 1170. The van der Waals surface area contributed by atoms with E-state index in [4.69, 9.17) is 0 Å². The number of aliphatic hydroxyl groups is 1. The number of amides is 2. The van der Waals surface area contributed by atoms with Crippen molar-refractivity contribution in [2.75, 3.05) is 17.2 Å². The van der Waals surface area contributed by atoms with Gasteiger partial charge in [0.1, 0.15) is 6.23 Å². The van der Waals surface area contributed by atoms with Crippen LogP contribution in [0.5, 0.6) is 0 Å². The van der Waals surface area contributed by atoms with Gasteiger partial charge in [0.2, 0.25) is 21.8 Å². The maximum absolute atomic E-state index is 13.2. The largest absolute Gasteiger partial charge is 0.374 e. The summed E-state index contributed by atoms with van der Waals surface area (Å²) in [4.78, 5) is 22.9. The highest BCUT2D eigenvalue weighted by Gasteiger charge is 2.35. The van der Waals surface area contributed by atoms with Crippen LogP contribution < -0.4 is 16.0 Å². The van der Waals surface area contributed by atoms with Crippen LogP contribution in [0.4, 0.5) is 11.4 Å². The van der Waals surface area contributed by atoms with E-state index in [1.165, 1.54) is 23.4 Å². The molecule has 0 bridgehead atoms. The van der Waals surface area contributed by atoms with Gasteiger partial charge < -0.3 is 15.7 Å². The van der Waals surface area contributed by atoms with Crippen molar-refractivity contribution in [2.24, 2.45) is 0 Å². The number of nitrogens with one attached hydrogen (secondary N) is 3. The van der Waals surface area contributed by atoms with Crippen molar-refractivity contribution in [1.82, 2.24) is 9.62 Å². The van der Waals surface area contributed by atoms with Crippen LogP contribution in [0.2, 0.25) is 0 Å². The summed E-state index contributed by atoms with van der Waals surface area (Å²) < 4.78 is 27.8. The van der Waals surface area contributed by atoms with E-state index in [1.807, 2.05) is 13.0 Å². The summed E-state index contributed by atoms with van der Waals surface area (Å²) in [6, 6.07) is 11.2. The number of rotatable bonds is 6. The molecule has 0 radical (unpaired) electrons. The average molecular weight is 473 g/mol. The Balaban J connectivity index is 1.38. The summed E-state index contributed by atoms with van der Waals surface area (Å²) in [6.07, 6.45) is 0.489. The second-order valence-corrected chi connectivity index (χ2v) is 10.5. The summed E-state index contributed by atoms with van der Waals surface area (Å²) in [5.41, 5.74) is 2.84. The van der Waals surface area contributed by atoms with Crippen molar-refractivity contribution < 1.29 is 23.1 Å². The number of hydrogen-bond acceptors (Lipinski definition) is 6. The molecule has 33 heavy (non-hydrogen) atoms. The number of fused-ring (bicyclic) bond motifs is 1. The highest BCUT2D eigenvalue weighted by atomic mass is 32.2. The summed E-state index contributed by atoms with van der Waals surface area (Å²) in [7, 11) is -3.68. The summed E-state index contributed by atoms with van der Waals surface area (Å²) >= 11 is 0. The Morgan fingerprint density at radius 1 is 1.21 bits per heavy atom. The van der Waals surface area contributed by atoms with Crippen molar-refractivity contribution in [2.45, 2.75) is 56.3 Å². The molecule has 3 atom stereocenters. The molecule has 4 N–H and O–H groups in total. The Morgan fingerprint density at radius 2 is 1.94 bits per heavy atom. The number of benzene rings is 2. The zero-order chi connectivity index (χ0) is 23.8. The fourth-order valence-corrected chi connectivity index (χ4v) is 6.10. The molecule has 2 amide bonds. The van der Waals surface area contributed by atoms with E-state index in [9.17, 15) is 23.1 Å². The van der Waals surface area contributed by atoms with E-state index in [-0.39, 0.29) is 28.8 Å². The SMILES string of the molecule is CC(=O)Nc1ccc(S(=O)(=O)N2CC[C@H](NC(O)c3ccc4c(c3)CC(=O)N4)C[C@@H]2C)cc1. The lowest BCUT2D eigenvalue weighted by molar-refractivity contribution is -0.115. The first kappa shape index (κ1) is 23.4. The van der Waals surface area contributed by atoms with Gasteiger partial charge in [0.05, 0.1) is 11.3 Å². The predicted molar refractivity (Wildman–Crippen MR) is 124 cm³/mol. The number of carbonyl (C=O) groups excluding carboxylic acids is 2. The third-order valence-electron chi connectivity index (χ3n) is 6.06. The van der Waals surface area contributed by atoms with Crippen LogP contribution >= 0.6 is 0 Å². The van der Waals surface area contributed by atoms with Gasteiger partial charge in [-0.2, -0.15) is 4.31 Å². The lowest BCUT2D eigenvalue weighted by atomic mass is 9.99. The van der Waals surface area contributed by atoms with Gasteiger partial charge in [-0.1, -0.05) is 6.07 Å². The summed E-state index contributed by atoms with van der Waals surface area (Å²) in [6.45, 7) is 3.57. The highest BCUT2D eigenvalue weighted by molar-refractivity contribution is 7.89. The number of nitrogens with zero attached hydrogens (tertiary/aromatic N) is 1. The minimum absolute atomic E-state index is 0.0586. The summed E-state index contributed by atoms with van der Waals surface area (Å²) in [5, 5.41) is 19.3. The first-order valence-electron chi connectivity index (χ1n) is 10.9. The maximum Gasteiger partial charge on any atom is 0.243 e. The molecule has 1 fully saturated rings. The molecule has 0 spiro atoms. The van der Waals surface area contributed by atoms with Crippen LogP contribution in [0.1, 0.15) is 44.0 Å². The van der Waals surface area contributed by atoms with Crippen LogP contribution in [-0.2, 0) is 26.0 Å². The fourth-order valence-electron chi connectivity index (χ4n) is 4.45. The zero-order valence-corrected chi connectivity index (χ0v) is 19.4. The lowest BCUT2D eigenvalue weighted by Crippen LogP contribution is -2.50. The third kappa shape index (κ3) is 5.09. The van der Waals surface area contributed by atoms with Crippen LogP contribution in [0.3, 0.4) is 0 Å². The lowest BCUT2D eigenvalue weighted by Gasteiger charge is -2.37. The Hall–Kier alpha value is -2.79. The number of piperidine rings is 1. The minimum Gasteiger partial charge on any atom is -0.374 e. The second-order valence-electron chi connectivity index (χ2n) is 8.60. The van der Waals surface area contributed by atoms with Crippen LogP contribution in [0.25, 0.3) is 0 Å². The van der Waals surface area contributed by atoms with Crippen LogP contribution in [-0.4, -0.2) is 48.3 Å². The van der Waals surface area contributed by atoms with E-state index < -0.39 is 16.3 Å². The van der Waals surface area contributed by atoms with E-state index in [0.717, 1.165) is 11.3 Å². The average Bonchev–Trinajstić information content (AvgIpc) is 3.12. The van der Waals surface area contributed by atoms with E-state index >= 15 is 0 Å². The summed E-state index contributed by atoms with van der Waals surface area (Å²) in [5.74, 6) is -0.280. The molecule has 1 unspecified atom stereocenters. The van der Waals surface area contributed by atoms with E-state index in [0.29, 0.717) is 37.1 Å². The first-order valence-corrected chi connectivity index (χ1v) is 12.3. The fraction of sp³-hybridized carbons (Fsp3) is 0.391. The number of sulfonamides is 1. The Morgan fingerprint density at radius 3 is 2.61 bits per heavy atom. The molecule has 0 aliphatic carbocycles. The van der Waals surface area contributed by atoms with Crippen molar-refractivity contribution in [3.05, 3.63) is 53.6 Å². The monoisotopic (exact) mass is 472 g/mol. The Labute approximate surface area is 193 Å². The molecule has 2 aromatic rings. The Kier molecular flexibility index (Phi) is 6.53. The predicted octanol–water partition coefficient (Wildman–Crippen LogP) is 1.96. The molecule has 4 rings (SSSR count). The van der Waals surface area contributed by atoms with Crippen molar-refractivity contribution >= 4 is 33.2 Å². The van der Waals surface area contributed by atoms with Gasteiger partial charge in [-0.25, -0.2) is 8.42 Å². The number of aliphatic hydroxyl groups excluding tert-OH is 1. The molecule has 9 nitrogen and oxygen atoms in total. The van der Waals surface area contributed by atoms with Gasteiger partial charge in [0.15, 0.2) is 0 Å². The van der Waals surface area contributed by atoms with Crippen molar-refractivity contribution in [3.63, 3.8) is 0 Å². The molecule has 0 saturated carbocycles. The van der Waals surface area contributed by atoms with Gasteiger partial charge in [0.25, 0.3) is 0 Å². The molecule has 0 aromatic heterocycles. The number of hydrogen-bond donors (Lipinski definition) is 4. The quantitative estimate of drug-likeness (QED) is 0.476. The van der Waals surface area contributed by atoms with Crippen LogP contribution in [0.15, 0.2) is 47.4 Å². The first-order chi connectivity index (χ1) is 15.6. The smallest absolute Gasteiger partial charge is 0.243 e. The van der Waals surface area contributed by atoms with E-state index in [1.54, 1.807) is 24.3 Å². The van der Waals surface area contributed by atoms with Gasteiger partial charge in [0, 0.05) is 36.9 Å². The second kappa shape index (κ2) is 9.22. The molecule has 2 aromatic carbocycles. The molecule has 1 saturated heterocycles. The molecule has 2 aliphatic heterocycles. The standard InChI is InChI=1S/C23H28N4O5S/c1-14-11-19(25-23(30)16-3-8-21-17(12-16)13-22(29)26-21)9-10-27(14)33(31,32)20-6-4-18(5-7-20)24-15(2)28/h3-8,12,14,19,23,25,30H,9-11,13H2,1-2H3,(H,24,28)(H,26,29)/t14-,19-,23?/m0/s1. The molecule has 10 heteroatoms. The van der Waals surface area contributed by atoms with E-state index in [2.05, 4.69) is 16.0 Å². The molecule has 176 valence electrons. The highest BCUT2D eigenvalue weighted by Crippen LogP contribution is 2.29. The normalized spacial score (nSPS) is 21.8. The van der Waals surface area contributed by atoms with Gasteiger partial charge >= 0.3 is 0 Å². The van der Waals surface area contributed by atoms with Crippen LogP contribution in [0, 0.1) is 0 Å². The minimum atomic E-state index is -3.68. The molecular weight excluding hydrogens is 444 g/mol. The number of anilines is 2. The van der Waals surface area contributed by atoms with Gasteiger partial charge in [-0.3, -0.25) is 14.9 Å². The van der Waals surface area contributed by atoms with Gasteiger partial charge in [-0.15, -0.1) is 0 Å². The molecule has 2 heterocycles. The van der Waals surface area contributed by atoms with Gasteiger partial charge in [-0.05, 0) is 67.3 Å². The molecule has 2 aliphatic rings. The van der Waals surface area contributed by atoms with Crippen molar-refractivity contribution in [1.29, 1.82) is 0 Å². The topological polar surface area (TPSA) is 128 Å². The molecular formula is C23H28N4O5S. The van der Waals surface area contributed by atoms with Crippen molar-refractivity contribution in [3.8, 4) is 0 Å². The maximum atomic E-state index is 13.2.